The van der Waals surface area contributed by atoms with Gasteiger partial charge in [0.1, 0.15) is 0 Å². The van der Waals surface area contributed by atoms with Crippen LogP contribution in [0.3, 0.4) is 0 Å². The molecule has 0 aromatic heterocycles. The molecule has 0 fully saturated rings. The van der Waals surface area contributed by atoms with Crippen molar-refractivity contribution in [1.82, 2.24) is 4.90 Å². The maximum atomic E-state index is 12.2. The summed E-state index contributed by atoms with van der Waals surface area (Å²) in [7, 11) is 1.74. The van der Waals surface area contributed by atoms with Crippen LogP contribution in [0.15, 0.2) is 42.5 Å². The standard InChI is InChI=1S/C15H14Cl2N2O/c1-19(9-10-2-7-13(16)14(17)8-10)15(20)11-3-5-12(18)6-4-11/h2-8H,9,18H2,1H3. The van der Waals surface area contributed by atoms with Gasteiger partial charge in [0, 0.05) is 24.8 Å². The van der Waals surface area contributed by atoms with E-state index in [9.17, 15) is 4.79 Å². The molecule has 2 aromatic carbocycles. The number of benzene rings is 2. The normalized spacial score (nSPS) is 10.3. The Balaban J connectivity index is 2.11. The second-order valence-electron chi connectivity index (χ2n) is 4.53. The van der Waals surface area contributed by atoms with Gasteiger partial charge in [-0.1, -0.05) is 29.3 Å². The number of amides is 1. The maximum absolute atomic E-state index is 12.2. The van der Waals surface area contributed by atoms with E-state index in [1.54, 1.807) is 48.3 Å². The molecule has 0 radical (unpaired) electrons. The third-order valence-electron chi connectivity index (χ3n) is 2.91. The van der Waals surface area contributed by atoms with Crippen molar-refractivity contribution in [3.63, 3.8) is 0 Å². The van der Waals surface area contributed by atoms with Crippen LogP contribution < -0.4 is 5.73 Å². The number of rotatable bonds is 3. The predicted molar refractivity (Wildman–Crippen MR) is 83.1 cm³/mol. The monoisotopic (exact) mass is 308 g/mol. The van der Waals surface area contributed by atoms with E-state index in [0.717, 1.165) is 5.56 Å². The summed E-state index contributed by atoms with van der Waals surface area (Å²) in [6, 6.07) is 12.2. The van der Waals surface area contributed by atoms with Gasteiger partial charge in [-0.2, -0.15) is 0 Å². The Labute approximate surface area is 127 Å². The number of halogens is 2. The fourth-order valence-corrected chi connectivity index (χ4v) is 2.15. The summed E-state index contributed by atoms with van der Waals surface area (Å²) < 4.78 is 0. The van der Waals surface area contributed by atoms with Gasteiger partial charge < -0.3 is 10.6 Å². The highest BCUT2D eigenvalue weighted by molar-refractivity contribution is 6.42. The van der Waals surface area contributed by atoms with Gasteiger partial charge in [0.05, 0.1) is 10.0 Å². The molecule has 5 heteroatoms. The van der Waals surface area contributed by atoms with Crippen molar-refractivity contribution in [2.24, 2.45) is 0 Å². The molecule has 0 unspecified atom stereocenters. The van der Waals surface area contributed by atoms with E-state index in [4.69, 9.17) is 28.9 Å². The van der Waals surface area contributed by atoms with Crippen LogP contribution in [-0.4, -0.2) is 17.9 Å². The molecule has 0 aliphatic heterocycles. The number of carbonyl (C=O) groups excluding carboxylic acids is 1. The van der Waals surface area contributed by atoms with E-state index in [1.807, 2.05) is 6.07 Å². The molecule has 0 aliphatic carbocycles. The molecule has 0 saturated heterocycles. The quantitative estimate of drug-likeness (QED) is 0.875. The topological polar surface area (TPSA) is 46.3 Å². The van der Waals surface area contributed by atoms with Crippen molar-refractivity contribution in [1.29, 1.82) is 0 Å². The summed E-state index contributed by atoms with van der Waals surface area (Å²) in [5.41, 5.74) is 7.76. The number of hydrogen-bond acceptors (Lipinski definition) is 2. The largest absolute Gasteiger partial charge is 0.399 e. The number of nitrogens with two attached hydrogens (primary N) is 1. The maximum Gasteiger partial charge on any atom is 0.253 e. The van der Waals surface area contributed by atoms with E-state index < -0.39 is 0 Å². The van der Waals surface area contributed by atoms with Crippen LogP contribution in [-0.2, 0) is 6.54 Å². The SMILES string of the molecule is CN(Cc1ccc(Cl)c(Cl)c1)C(=O)c1ccc(N)cc1. The van der Waals surface area contributed by atoms with Crippen LogP contribution in [0.5, 0.6) is 0 Å². The lowest BCUT2D eigenvalue weighted by molar-refractivity contribution is 0.0785. The molecule has 2 N–H and O–H groups in total. The lowest BCUT2D eigenvalue weighted by Crippen LogP contribution is -2.26. The Hall–Kier alpha value is -1.71. The minimum Gasteiger partial charge on any atom is -0.399 e. The van der Waals surface area contributed by atoms with Gasteiger partial charge in [-0.25, -0.2) is 0 Å². The molecule has 2 aromatic rings. The van der Waals surface area contributed by atoms with Gasteiger partial charge in [-0.05, 0) is 42.0 Å². The molecule has 0 saturated carbocycles. The van der Waals surface area contributed by atoms with E-state index in [2.05, 4.69) is 0 Å². The zero-order chi connectivity index (χ0) is 14.7. The number of hydrogen-bond donors (Lipinski definition) is 1. The molecule has 1 amide bonds. The number of anilines is 1. The number of nitrogen functional groups attached to an aromatic ring is 1. The van der Waals surface area contributed by atoms with Gasteiger partial charge in [0.2, 0.25) is 0 Å². The van der Waals surface area contributed by atoms with Crippen molar-refractivity contribution < 1.29 is 4.79 Å². The zero-order valence-corrected chi connectivity index (χ0v) is 12.4. The van der Waals surface area contributed by atoms with E-state index in [1.165, 1.54) is 0 Å². The molecule has 0 aliphatic rings. The molecule has 20 heavy (non-hydrogen) atoms. The minimum absolute atomic E-state index is 0.0731. The summed E-state index contributed by atoms with van der Waals surface area (Å²) in [6.45, 7) is 0.458. The minimum atomic E-state index is -0.0731. The van der Waals surface area contributed by atoms with E-state index in [-0.39, 0.29) is 5.91 Å². The molecule has 104 valence electrons. The number of carbonyl (C=O) groups is 1. The summed E-state index contributed by atoms with van der Waals surface area (Å²) in [5, 5.41) is 0.987. The molecule has 2 rings (SSSR count). The lowest BCUT2D eigenvalue weighted by Gasteiger charge is -2.17. The van der Waals surface area contributed by atoms with Gasteiger partial charge in [0.25, 0.3) is 5.91 Å². The third kappa shape index (κ3) is 3.44. The fraction of sp³-hybridized carbons (Fsp3) is 0.133. The summed E-state index contributed by atoms with van der Waals surface area (Å²) >= 11 is 11.8. The highest BCUT2D eigenvalue weighted by Crippen LogP contribution is 2.23. The van der Waals surface area contributed by atoms with Crippen molar-refractivity contribution in [3.05, 3.63) is 63.6 Å². The average Bonchev–Trinajstić information content (AvgIpc) is 2.43. The van der Waals surface area contributed by atoms with Crippen molar-refractivity contribution in [2.45, 2.75) is 6.54 Å². The first-order valence-corrected chi connectivity index (χ1v) is 6.78. The highest BCUT2D eigenvalue weighted by atomic mass is 35.5. The van der Waals surface area contributed by atoms with E-state index in [0.29, 0.717) is 27.8 Å². The van der Waals surface area contributed by atoms with Crippen LogP contribution in [0.4, 0.5) is 5.69 Å². The fourth-order valence-electron chi connectivity index (χ4n) is 1.83. The molecule has 0 atom stereocenters. The van der Waals surface area contributed by atoms with Crippen LogP contribution in [0, 0.1) is 0 Å². The predicted octanol–water partition coefficient (Wildman–Crippen LogP) is 3.85. The van der Waals surface area contributed by atoms with Gasteiger partial charge >= 0.3 is 0 Å². The molecule has 0 spiro atoms. The van der Waals surface area contributed by atoms with Gasteiger partial charge in [0.15, 0.2) is 0 Å². The summed E-state index contributed by atoms with van der Waals surface area (Å²) in [4.78, 5) is 13.9. The second kappa shape index (κ2) is 6.16. The van der Waals surface area contributed by atoms with Crippen LogP contribution in [0.2, 0.25) is 10.0 Å². The Morgan fingerprint density at radius 1 is 1.10 bits per heavy atom. The van der Waals surface area contributed by atoms with Crippen molar-refractivity contribution >= 4 is 34.8 Å². The molecule has 0 bridgehead atoms. The zero-order valence-electron chi connectivity index (χ0n) is 10.9. The Kier molecular flexibility index (Phi) is 4.53. The Bertz CT molecular complexity index is 626. The lowest BCUT2D eigenvalue weighted by atomic mass is 10.1. The molecule has 0 heterocycles. The Morgan fingerprint density at radius 3 is 2.35 bits per heavy atom. The van der Waals surface area contributed by atoms with E-state index >= 15 is 0 Å². The first-order chi connectivity index (χ1) is 9.47. The van der Waals surface area contributed by atoms with Gasteiger partial charge in [-0.15, -0.1) is 0 Å². The average molecular weight is 309 g/mol. The summed E-state index contributed by atoms with van der Waals surface area (Å²) in [6.07, 6.45) is 0. The van der Waals surface area contributed by atoms with Crippen LogP contribution in [0.25, 0.3) is 0 Å². The van der Waals surface area contributed by atoms with Crippen molar-refractivity contribution in [3.8, 4) is 0 Å². The van der Waals surface area contributed by atoms with Crippen LogP contribution in [0.1, 0.15) is 15.9 Å². The first kappa shape index (κ1) is 14.7. The first-order valence-electron chi connectivity index (χ1n) is 6.02. The van der Waals surface area contributed by atoms with Crippen LogP contribution >= 0.6 is 23.2 Å². The highest BCUT2D eigenvalue weighted by Gasteiger charge is 2.12. The smallest absolute Gasteiger partial charge is 0.253 e. The Morgan fingerprint density at radius 2 is 1.75 bits per heavy atom. The molecular formula is C15H14Cl2N2O. The second-order valence-corrected chi connectivity index (χ2v) is 5.35. The molecular weight excluding hydrogens is 295 g/mol. The van der Waals surface area contributed by atoms with Crippen molar-refractivity contribution in [2.75, 3.05) is 12.8 Å². The van der Waals surface area contributed by atoms with Gasteiger partial charge in [-0.3, -0.25) is 4.79 Å². The third-order valence-corrected chi connectivity index (χ3v) is 3.65. The number of nitrogens with zero attached hydrogens (tertiary/aromatic N) is 1. The summed E-state index contributed by atoms with van der Waals surface area (Å²) in [5.74, 6) is -0.0731. The molecule has 3 nitrogen and oxygen atoms in total.